The van der Waals surface area contributed by atoms with Crippen LogP contribution >= 0.6 is 0 Å². The first-order valence-corrected chi connectivity index (χ1v) is 13.0. The lowest BCUT2D eigenvalue weighted by Gasteiger charge is -2.37. The first-order chi connectivity index (χ1) is 17.7. The lowest BCUT2D eigenvalue weighted by molar-refractivity contribution is -0.150. The highest BCUT2D eigenvalue weighted by Crippen LogP contribution is 2.64. The van der Waals surface area contributed by atoms with Gasteiger partial charge in [0.15, 0.2) is 0 Å². The SMILES string of the molecule is CC(C)NC(=O)C1N([C@H](CO)c2ccccc2)C(=O)[C@@H]2[C@@H](C(=O)NCc3ccccc3)[C@@]3(C)CCC12O3. The van der Waals surface area contributed by atoms with Crippen molar-refractivity contribution in [2.24, 2.45) is 11.8 Å². The smallest absolute Gasteiger partial charge is 0.246 e. The number of aliphatic hydroxyl groups is 1. The molecule has 2 aromatic rings. The molecule has 3 saturated heterocycles. The average Bonchev–Trinajstić information content (AvgIpc) is 3.45. The number of rotatable bonds is 8. The number of carbonyl (C=O) groups excluding carboxylic acids is 3. The molecule has 196 valence electrons. The largest absolute Gasteiger partial charge is 0.394 e. The maximum absolute atomic E-state index is 14.3. The molecule has 3 N–H and O–H groups in total. The highest BCUT2D eigenvalue weighted by atomic mass is 16.5. The standard InChI is InChI=1S/C29H35N3O5/c1-18(2)31-26(35)24-29-15-14-28(3,37-29)22(25(34)30-16-19-10-6-4-7-11-19)23(29)27(36)32(24)21(17-33)20-12-8-5-9-13-20/h4-13,18,21-24,33H,14-17H2,1-3H3,(H,30,34)(H,31,35)/t21-,22+,23+,24?,28-,29?/m1/s1. The molecule has 2 bridgehead atoms. The van der Waals surface area contributed by atoms with Crippen molar-refractivity contribution < 1.29 is 24.2 Å². The minimum Gasteiger partial charge on any atom is -0.394 e. The molecule has 3 heterocycles. The minimum absolute atomic E-state index is 0.150. The highest BCUT2D eigenvalue weighted by Gasteiger charge is 2.78. The molecule has 8 nitrogen and oxygen atoms in total. The second-order valence-corrected chi connectivity index (χ2v) is 10.9. The number of aliphatic hydroxyl groups excluding tert-OH is 1. The minimum atomic E-state index is -1.14. The van der Waals surface area contributed by atoms with Crippen molar-refractivity contribution >= 4 is 17.7 Å². The summed E-state index contributed by atoms with van der Waals surface area (Å²) in [4.78, 5) is 43.1. The van der Waals surface area contributed by atoms with E-state index >= 15 is 0 Å². The van der Waals surface area contributed by atoms with Crippen molar-refractivity contribution in [3.63, 3.8) is 0 Å². The molecule has 3 amide bonds. The molecular weight excluding hydrogens is 470 g/mol. The third kappa shape index (κ3) is 4.12. The molecule has 0 aromatic heterocycles. The van der Waals surface area contributed by atoms with Gasteiger partial charge >= 0.3 is 0 Å². The molecule has 0 aliphatic carbocycles. The van der Waals surface area contributed by atoms with Crippen LogP contribution in [0.15, 0.2) is 60.7 Å². The number of amides is 3. The first kappa shape index (κ1) is 25.4. The van der Waals surface area contributed by atoms with Gasteiger partial charge in [0.05, 0.1) is 30.1 Å². The molecule has 8 heteroatoms. The zero-order valence-electron chi connectivity index (χ0n) is 21.5. The molecule has 0 radical (unpaired) electrons. The van der Waals surface area contributed by atoms with Crippen molar-refractivity contribution in [3.8, 4) is 0 Å². The summed E-state index contributed by atoms with van der Waals surface area (Å²) < 4.78 is 6.64. The molecule has 1 spiro atoms. The Bertz CT molecular complexity index is 1170. The fourth-order valence-corrected chi connectivity index (χ4v) is 6.69. The third-order valence-corrected chi connectivity index (χ3v) is 8.18. The summed E-state index contributed by atoms with van der Waals surface area (Å²) in [5, 5.41) is 16.4. The fourth-order valence-electron chi connectivity index (χ4n) is 6.69. The van der Waals surface area contributed by atoms with Gasteiger partial charge in [-0.3, -0.25) is 14.4 Å². The Kier molecular flexibility index (Phi) is 6.58. The molecule has 37 heavy (non-hydrogen) atoms. The van der Waals surface area contributed by atoms with Crippen LogP contribution in [-0.2, 0) is 25.7 Å². The van der Waals surface area contributed by atoms with Gasteiger partial charge in [0.1, 0.15) is 11.6 Å². The lowest BCUT2D eigenvalue weighted by atomic mass is 9.66. The van der Waals surface area contributed by atoms with Crippen LogP contribution in [0.5, 0.6) is 0 Å². The summed E-state index contributed by atoms with van der Waals surface area (Å²) in [6.07, 6.45) is 1.05. The summed E-state index contributed by atoms with van der Waals surface area (Å²) >= 11 is 0. The van der Waals surface area contributed by atoms with E-state index in [1.807, 2.05) is 81.4 Å². The molecule has 2 unspecified atom stereocenters. The number of nitrogens with one attached hydrogen (secondary N) is 2. The zero-order valence-corrected chi connectivity index (χ0v) is 21.5. The van der Waals surface area contributed by atoms with E-state index in [1.165, 1.54) is 4.90 Å². The maximum Gasteiger partial charge on any atom is 0.246 e. The van der Waals surface area contributed by atoms with Crippen LogP contribution in [-0.4, -0.2) is 57.6 Å². The van der Waals surface area contributed by atoms with Gasteiger partial charge in [0.25, 0.3) is 0 Å². The van der Waals surface area contributed by atoms with Gasteiger partial charge in [-0.15, -0.1) is 0 Å². The summed E-state index contributed by atoms with van der Waals surface area (Å²) in [6, 6.07) is 17.0. The predicted octanol–water partition coefficient (Wildman–Crippen LogP) is 2.33. The third-order valence-electron chi connectivity index (χ3n) is 8.18. The molecular formula is C29H35N3O5. The van der Waals surface area contributed by atoms with Gasteiger partial charge < -0.3 is 25.4 Å². The Morgan fingerprint density at radius 2 is 1.70 bits per heavy atom. The van der Waals surface area contributed by atoms with Gasteiger partial charge in [0, 0.05) is 12.6 Å². The number of likely N-dealkylation sites (tertiary alicyclic amines) is 1. The Hall–Kier alpha value is -3.23. The number of ether oxygens (including phenoxy) is 1. The van der Waals surface area contributed by atoms with Crippen LogP contribution in [0.3, 0.4) is 0 Å². The lowest BCUT2D eigenvalue weighted by Crippen LogP contribution is -2.57. The van der Waals surface area contributed by atoms with E-state index in [0.29, 0.717) is 19.4 Å². The van der Waals surface area contributed by atoms with Gasteiger partial charge in [-0.05, 0) is 44.7 Å². The van der Waals surface area contributed by atoms with E-state index in [0.717, 1.165) is 11.1 Å². The summed E-state index contributed by atoms with van der Waals surface area (Å²) in [7, 11) is 0. The summed E-state index contributed by atoms with van der Waals surface area (Å²) in [6.45, 7) is 5.59. The molecule has 0 saturated carbocycles. The number of carbonyl (C=O) groups is 3. The van der Waals surface area contributed by atoms with E-state index in [9.17, 15) is 19.5 Å². The van der Waals surface area contributed by atoms with Crippen molar-refractivity contribution in [2.45, 2.75) is 69.5 Å². The Morgan fingerprint density at radius 3 is 2.32 bits per heavy atom. The first-order valence-electron chi connectivity index (χ1n) is 13.0. The van der Waals surface area contributed by atoms with Crippen molar-refractivity contribution in [1.29, 1.82) is 0 Å². The fraction of sp³-hybridized carbons (Fsp3) is 0.483. The molecule has 6 atom stereocenters. The quantitative estimate of drug-likeness (QED) is 0.510. The highest BCUT2D eigenvalue weighted by molar-refractivity contribution is 5.99. The topological polar surface area (TPSA) is 108 Å². The maximum atomic E-state index is 14.3. The van der Waals surface area contributed by atoms with Crippen molar-refractivity contribution in [1.82, 2.24) is 15.5 Å². The van der Waals surface area contributed by atoms with Gasteiger partial charge in [-0.2, -0.15) is 0 Å². The number of hydrogen-bond acceptors (Lipinski definition) is 5. The normalized spacial score (nSPS) is 30.9. The second kappa shape index (κ2) is 9.58. The van der Waals surface area contributed by atoms with Gasteiger partial charge in [-0.25, -0.2) is 0 Å². The van der Waals surface area contributed by atoms with Crippen LogP contribution < -0.4 is 10.6 Å². The monoisotopic (exact) mass is 505 g/mol. The van der Waals surface area contributed by atoms with Crippen LogP contribution in [0, 0.1) is 11.8 Å². The van der Waals surface area contributed by atoms with E-state index in [-0.39, 0.29) is 30.4 Å². The van der Waals surface area contributed by atoms with Crippen LogP contribution in [0.2, 0.25) is 0 Å². The Labute approximate surface area is 217 Å². The molecule has 3 aliphatic heterocycles. The van der Waals surface area contributed by atoms with E-state index in [1.54, 1.807) is 0 Å². The number of nitrogens with zero attached hydrogens (tertiary/aromatic N) is 1. The van der Waals surface area contributed by atoms with Gasteiger partial charge in [-0.1, -0.05) is 60.7 Å². The Balaban J connectivity index is 1.53. The van der Waals surface area contributed by atoms with Crippen molar-refractivity contribution in [2.75, 3.05) is 6.61 Å². The van der Waals surface area contributed by atoms with Crippen LogP contribution in [0.25, 0.3) is 0 Å². The predicted molar refractivity (Wildman–Crippen MR) is 137 cm³/mol. The zero-order chi connectivity index (χ0) is 26.4. The average molecular weight is 506 g/mol. The van der Waals surface area contributed by atoms with Crippen molar-refractivity contribution in [3.05, 3.63) is 71.8 Å². The van der Waals surface area contributed by atoms with Gasteiger partial charge in [0.2, 0.25) is 17.7 Å². The molecule has 3 aliphatic rings. The number of fused-ring (bicyclic) bond motifs is 1. The van der Waals surface area contributed by atoms with E-state index < -0.39 is 35.1 Å². The second-order valence-electron chi connectivity index (χ2n) is 10.9. The summed E-state index contributed by atoms with van der Waals surface area (Å²) in [5.74, 6) is -2.46. The van der Waals surface area contributed by atoms with E-state index in [2.05, 4.69) is 10.6 Å². The van der Waals surface area contributed by atoms with Crippen LogP contribution in [0.1, 0.15) is 50.8 Å². The van der Waals surface area contributed by atoms with E-state index in [4.69, 9.17) is 4.74 Å². The van der Waals surface area contributed by atoms with Crippen LogP contribution in [0.4, 0.5) is 0 Å². The number of benzene rings is 2. The Morgan fingerprint density at radius 1 is 1.05 bits per heavy atom. The number of hydrogen-bond donors (Lipinski definition) is 3. The molecule has 3 fully saturated rings. The molecule has 2 aromatic carbocycles. The summed E-state index contributed by atoms with van der Waals surface area (Å²) in [5.41, 5.74) is -0.312. The molecule has 5 rings (SSSR count).